The first-order valence-corrected chi connectivity index (χ1v) is 12.9. The van der Waals surface area contributed by atoms with E-state index in [1.165, 1.54) is 4.90 Å². The summed E-state index contributed by atoms with van der Waals surface area (Å²) < 4.78 is 12.9. The summed E-state index contributed by atoms with van der Waals surface area (Å²) in [5.41, 5.74) is 4.13. The minimum absolute atomic E-state index is 0.111. The van der Waals surface area contributed by atoms with E-state index in [9.17, 15) is 9.59 Å². The molecule has 8 heteroatoms. The molecule has 0 spiro atoms. The van der Waals surface area contributed by atoms with E-state index >= 15 is 0 Å². The Labute approximate surface area is 228 Å². The van der Waals surface area contributed by atoms with Crippen molar-refractivity contribution in [3.05, 3.63) is 102 Å². The largest absolute Gasteiger partial charge is 0.497 e. The van der Waals surface area contributed by atoms with Gasteiger partial charge in [-0.1, -0.05) is 36.4 Å². The summed E-state index contributed by atoms with van der Waals surface area (Å²) in [5.74, 6) is 1.09. The number of carbonyl (C=O) groups excluding carboxylic acids is 2. The Morgan fingerprint density at radius 2 is 1.56 bits per heavy atom. The Morgan fingerprint density at radius 3 is 2.26 bits per heavy atom. The molecule has 5 rings (SSSR count). The van der Waals surface area contributed by atoms with Crippen LogP contribution in [-0.2, 0) is 4.79 Å². The smallest absolute Gasteiger partial charge is 0.322 e. The molecule has 0 bridgehead atoms. The van der Waals surface area contributed by atoms with E-state index in [-0.39, 0.29) is 30.6 Å². The minimum Gasteiger partial charge on any atom is -0.497 e. The third-order valence-corrected chi connectivity index (χ3v) is 6.96. The topological polar surface area (TPSA) is 76.0 Å². The highest BCUT2D eigenvalue weighted by molar-refractivity contribution is 6.01. The molecule has 3 amide bonds. The van der Waals surface area contributed by atoms with Gasteiger partial charge in [-0.3, -0.25) is 9.69 Å². The van der Waals surface area contributed by atoms with E-state index in [0.717, 1.165) is 28.4 Å². The van der Waals surface area contributed by atoms with Gasteiger partial charge >= 0.3 is 6.03 Å². The molecule has 3 aromatic carbocycles. The van der Waals surface area contributed by atoms with E-state index < -0.39 is 0 Å². The lowest BCUT2D eigenvalue weighted by Crippen LogP contribution is -2.49. The second-order valence-electron chi connectivity index (χ2n) is 9.58. The number of amides is 3. The van der Waals surface area contributed by atoms with Gasteiger partial charge in [0.1, 0.15) is 24.1 Å². The van der Waals surface area contributed by atoms with Gasteiger partial charge in [0.25, 0.3) is 0 Å². The van der Waals surface area contributed by atoms with Gasteiger partial charge in [-0.15, -0.1) is 0 Å². The molecule has 39 heavy (non-hydrogen) atoms. The predicted molar refractivity (Wildman–Crippen MR) is 152 cm³/mol. The summed E-state index contributed by atoms with van der Waals surface area (Å²) in [6.07, 6.45) is 2.01. The summed E-state index contributed by atoms with van der Waals surface area (Å²) in [6.45, 7) is 3.68. The van der Waals surface area contributed by atoms with Crippen molar-refractivity contribution in [2.75, 3.05) is 31.0 Å². The number of carbonyl (C=O) groups is 2. The molecule has 1 aliphatic heterocycles. The SMILES string of the molecule is COc1ccc(C2c3cccn3-c3ccccc3N2C(=O)CN(C(=O)Nc2ccccc2OC)C(C)C)cc1. The fourth-order valence-electron chi connectivity index (χ4n) is 5.01. The lowest BCUT2D eigenvalue weighted by molar-refractivity contribution is -0.119. The van der Waals surface area contributed by atoms with Crippen LogP contribution in [0.15, 0.2) is 91.1 Å². The molecule has 2 heterocycles. The lowest BCUT2D eigenvalue weighted by atomic mass is 9.97. The molecule has 1 N–H and O–H groups in total. The normalized spacial score (nSPS) is 13.9. The van der Waals surface area contributed by atoms with Gasteiger partial charge in [0.2, 0.25) is 5.91 Å². The van der Waals surface area contributed by atoms with Gasteiger partial charge in [0.05, 0.1) is 37.0 Å². The number of aromatic nitrogens is 1. The molecule has 0 aliphatic carbocycles. The first-order chi connectivity index (χ1) is 18.9. The number of urea groups is 1. The van der Waals surface area contributed by atoms with Crippen molar-refractivity contribution in [2.24, 2.45) is 0 Å². The number of nitrogens with zero attached hydrogens (tertiary/aromatic N) is 3. The molecule has 0 radical (unpaired) electrons. The molecule has 1 aliphatic rings. The Hall–Kier alpha value is -4.72. The molecule has 1 aromatic heterocycles. The van der Waals surface area contributed by atoms with Crippen molar-refractivity contribution in [1.82, 2.24) is 9.47 Å². The number of anilines is 2. The Morgan fingerprint density at radius 1 is 0.872 bits per heavy atom. The van der Waals surface area contributed by atoms with E-state index in [4.69, 9.17) is 9.47 Å². The Bertz CT molecular complexity index is 1480. The second-order valence-corrected chi connectivity index (χ2v) is 9.58. The van der Waals surface area contributed by atoms with Crippen LogP contribution in [0.4, 0.5) is 16.2 Å². The number of nitrogens with one attached hydrogen (secondary N) is 1. The number of methoxy groups -OCH3 is 2. The third kappa shape index (κ3) is 4.93. The third-order valence-electron chi connectivity index (χ3n) is 6.96. The molecule has 0 fully saturated rings. The summed E-state index contributed by atoms with van der Waals surface area (Å²) in [4.78, 5) is 31.0. The van der Waals surface area contributed by atoms with E-state index in [1.807, 2.05) is 92.8 Å². The maximum atomic E-state index is 14.2. The van der Waals surface area contributed by atoms with Crippen LogP contribution in [0.5, 0.6) is 11.5 Å². The number of fused-ring (bicyclic) bond motifs is 3. The number of ether oxygens (including phenoxy) is 2. The Balaban J connectivity index is 1.51. The molecular formula is C31H32N4O4. The number of para-hydroxylation sites is 4. The maximum absolute atomic E-state index is 14.2. The van der Waals surface area contributed by atoms with Crippen LogP contribution in [0.25, 0.3) is 5.69 Å². The molecule has 200 valence electrons. The van der Waals surface area contributed by atoms with Crippen LogP contribution in [0.1, 0.15) is 31.1 Å². The molecule has 8 nitrogen and oxygen atoms in total. The highest BCUT2D eigenvalue weighted by atomic mass is 16.5. The van der Waals surface area contributed by atoms with Crippen molar-refractivity contribution in [1.29, 1.82) is 0 Å². The van der Waals surface area contributed by atoms with Crippen LogP contribution < -0.4 is 19.7 Å². The summed E-state index contributed by atoms with van der Waals surface area (Å²) >= 11 is 0. The van der Waals surface area contributed by atoms with Crippen molar-refractivity contribution in [3.63, 3.8) is 0 Å². The summed E-state index contributed by atoms with van der Waals surface area (Å²) in [5, 5.41) is 2.91. The molecular weight excluding hydrogens is 492 g/mol. The van der Waals surface area contributed by atoms with Gasteiger partial charge in [0, 0.05) is 12.2 Å². The summed E-state index contributed by atoms with van der Waals surface area (Å²) in [6, 6.07) is 25.8. The number of hydrogen-bond donors (Lipinski definition) is 1. The monoisotopic (exact) mass is 524 g/mol. The lowest BCUT2D eigenvalue weighted by Gasteiger charge is -2.40. The maximum Gasteiger partial charge on any atom is 0.322 e. The Kier molecular flexibility index (Phi) is 7.27. The summed E-state index contributed by atoms with van der Waals surface area (Å²) in [7, 11) is 3.18. The standard InChI is InChI=1S/C31H32N4O4/c1-21(2)34(31(37)32-24-10-5-8-14-28(24)39-4)20-29(36)35-26-12-7-6-11-25(26)33-19-9-13-27(33)30(35)22-15-17-23(38-3)18-16-22/h5-19,21,30H,20H2,1-4H3,(H,32,37). The average Bonchev–Trinajstić information content (AvgIpc) is 3.45. The fraction of sp³-hybridized carbons (Fsp3) is 0.226. The number of hydrogen-bond acceptors (Lipinski definition) is 4. The van der Waals surface area contributed by atoms with Crippen molar-refractivity contribution in [3.8, 4) is 17.2 Å². The van der Waals surface area contributed by atoms with Crippen LogP contribution >= 0.6 is 0 Å². The zero-order valence-corrected chi connectivity index (χ0v) is 22.5. The first-order valence-electron chi connectivity index (χ1n) is 12.9. The molecule has 1 unspecified atom stereocenters. The van der Waals surface area contributed by atoms with Crippen LogP contribution in [0.2, 0.25) is 0 Å². The highest BCUT2D eigenvalue weighted by Crippen LogP contribution is 2.42. The van der Waals surface area contributed by atoms with Gasteiger partial charge in [-0.25, -0.2) is 4.79 Å². The van der Waals surface area contributed by atoms with E-state index in [0.29, 0.717) is 11.4 Å². The zero-order chi connectivity index (χ0) is 27.5. The minimum atomic E-state index is -0.389. The van der Waals surface area contributed by atoms with Crippen molar-refractivity contribution >= 4 is 23.3 Å². The van der Waals surface area contributed by atoms with Crippen molar-refractivity contribution < 1.29 is 19.1 Å². The fourth-order valence-corrected chi connectivity index (χ4v) is 5.01. The van der Waals surface area contributed by atoms with Crippen LogP contribution in [0, 0.1) is 0 Å². The molecule has 0 saturated heterocycles. The van der Waals surface area contributed by atoms with Gasteiger partial charge in [0.15, 0.2) is 0 Å². The molecule has 4 aromatic rings. The van der Waals surface area contributed by atoms with E-state index in [2.05, 4.69) is 9.88 Å². The quantitative estimate of drug-likeness (QED) is 0.328. The van der Waals surface area contributed by atoms with Crippen LogP contribution in [0.3, 0.4) is 0 Å². The van der Waals surface area contributed by atoms with Gasteiger partial charge in [-0.05, 0) is 67.9 Å². The number of benzene rings is 3. The number of rotatable bonds is 7. The second kappa shape index (κ2) is 10.9. The molecule has 1 atom stereocenters. The molecule has 0 saturated carbocycles. The van der Waals surface area contributed by atoms with Crippen LogP contribution in [-0.4, -0.2) is 48.2 Å². The zero-order valence-electron chi connectivity index (χ0n) is 22.5. The highest BCUT2D eigenvalue weighted by Gasteiger charge is 2.37. The van der Waals surface area contributed by atoms with Crippen molar-refractivity contribution in [2.45, 2.75) is 25.9 Å². The van der Waals surface area contributed by atoms with Gasteiger partial charge in [-0.2, -0.15) is 0 Å². The predicted octanol–water partition coefficient (Wildman–Crippen LogP) is 5.87. The van der Waals surface area contributed by atoms with E-state index in [1.54, 1.807) is 31.3 Å². The average molecular weight is 525 g/mol. The first kappa shape index (κ1) is 25.9. The van der Waals surface area contributed by atoms with Gasteiger partial charge < -0.3 is 24.3 Å².